The number of halogens is 1. The van der Waals surface area contributed by atoms with Crippen LogP contribution < -0.4 is 10.9 Å². The number of aromatic nitrogens is 4. The smallest absolute Gasteiger partial charge is 0.276 e. The molecular weight excluding hydrogens is 382 g/mol. The molecule has 23 heavy (non-hydrogen) atoms. The summed E-state index contributed by atoms with van der Waals surface area (Å²) in [5.41, 5.74) is 2.30. The quantitative estimate of drug-likeness (QED) is 0.455. The molecule has 0 bridgehead atoms. The first kappa shape index (κ1) is 15.8. The molecule has 1 aromatic carbocycles. The minimum absolute atomic E-state index is 0.0996. The number of H-pyrrole nitrogens is 2. The van der Waals surface area contributed by atoms with E-state index in [4.69, 9.17) is 0 Å². The Morgan fingerprint density at radius 3 is 3.04 bits per heavy atom. The molecule has 0 atom stereocenters. The van der Waals surface area contributed by atoms with Crippen LogP contribution in [0.4, 0.5) is 5.69 Å². The summed E-state index contributed by atoms with van der Waals surface area (Å²) in [6, 6.07) is 7.58. The number of alkyl halides is 1. The summed E-state index contributed by atoms with van der Waals surface area (Å²) in [6.45, 7) is 0. The minimum atomic E-state index is -0.242. The number of nitrogens with zero attached hydrogens (tertiary/aromatic N) is 2. The van der Waals surface area contributed by atoms with Crippen molar-refractivity contribution in [1.29, 1.82) is 0 Å². The lowest BCUT2D eigenvalue weighted by Gasteiger charge is -2.05. The Morgan fingerprint density at radius 1 is 1.39 bits per heavy atom. The van der Waals surface area contributed by atoms with Crippen molar-refractivity contribution < 1.29 is 4.79 Å². The molecule has 0 aliphatic heterocycles. The van der Waals surface area contributed by atoms with Gasteiger partial charge in [0.15, 0.2) is 16.3 Å². The topological polar surface area (TPSA) is 104 Å². The van der Waals surface area contributed by atoms with Crippen LogP contribution in [-0.2, 0) is 10.5 Å². The van der Waals surface area contributed by atoms with Gasteiger partial charge >= 0.3 is 0 Å². The Bertz CT molecular complexity index is 907. The third-order valence-corrected chi connectivity index (χ3v) is 4.43. The summed E-state index contributed by atoms with van der Waals surface area (Å²) in [4.78, 5) is 36.8. The van der Waals surface area contributed by atoms with E-state index in [1.165, 1.54) is 18.1 Å². The molecule has 9 heteroatoms. The Kier molecular flexibility index (Phi) is 4.77. The lowest BCUT2D eigenvalue weighted by atomic mass is 10.2. The number of benzene rings is 1. The first-order valence-corrected chi connectivity index (χ1v) is 8.77. The number of fused-ring (bicyclic) bond motifs is 1. The summed E-state index contributed by atoms with van der Waals surface area (Å²) >= 11 is 4.57. The van der Waals surface area contributed by atoms with Crippen molar-refractivity contribution in [2.24, 2.45) is 0 Å². The zero-order chi connectivity index (χ0) is 16.2. The van der Waals surface area contributed by atoms with Gasteiger partial charge in [0.25, 0.3) is 5.56 Å². The fraction of sp³-hybridized carbons (Fsp3) is 0.143. The highest BCUT2D eigenvalue weighted by atomic mass is 79.9. The fourth-order valence-electron chi connectivity index (χ4n) is 1.97. The Hall–Kier alpha value is -2.13. The van der Waals surface area contributed by atoms with Crippen LogP contribution in [0.15, 0.2) is 40.5 Å². The number of carbonyl (C=O) groups excluding carboxylic acids is 1. The molecule has 0 unspecified atom stereocenters. The molecule has 0 fully saturated rings. The van der Waals surface area contributed by atoms with Crippen molar-refractivity contribution in [2.75, 3.05) is 10.6 Å². The maximum Gasteiger partial charge on any atom is 0.276 e. The number of nitrogens with one attached hydrogen (secondary N) is 3. The van der Waals surface area contributed by atoms with Crippen molar-refractivity contribution in [3.05, 3.63) is 46.5 Å². The molecule has 0 saturated carbocycles. The predicted octanol–water partition coefficient (Wildman–Crippen LogP) is 2.27. The SMILES string of the molecule is O=C(CBr)Nc1cccc(CSc2nc3nc[nH]c(=O)c3[nH]2)c1. The third kappa shape index (κ3) is 3.80. The van der Waals surface area contributed by atoms with Gasteiger partial charge in [-0.2, -0.15) is 0 Å². The van der Waals surface area contributed by atoms with Gasteiger partial charge in [0.05, 0.1) is 11.7 Å². The number of imidazole rings is 1. The number of amides is 1. The molecule has 2 heterocycles. The molecule has 7 nitrogen and oxygen atoms in total. The Balaban J connectivity index is 1.72. The maximum atomic E-state index is 11.6. The molecule has 0 spiro atoms. The van der Waals surface area contributed by atoms with E-state index in [9.17, 15) is 9.59 Å². The van der Waals surface area contributed by atoms with Crippen LogP contribution in [0.1, 0.15) is 5.56 Å². The van der Waals surface area contributed by atoms with E-state index in [2.05, 4.69) is 41.2 Å². The summed E-state index contributed by atoms with van der Waals surface area (Å²) in [7, 11) is 0. The zero-order valence-corrected chi connectivity index (χ0v) is 14.2. The van der Waals surface area contributed by atoms with Crippen LogP contribution in [0.3, 0.4) is 0 Å². The molecule has 0 aliphatic carbocycles. The van der Waals surface area contributed by atoms with Crippen LogP contribution in [0.25, 0.3) is 11.2 Å². The van der Waals surface area contributed by atoms with Gasteiger partial charge in [0.1, 0.15) is 0 Å². The summed E-state index contributed by atoms with van der Waals surface area (Å²) in [6.07, 6.45) is 1.33. The molecule has 3 N–H and O–H groups in total. The average Bonchev–Trinajstić information content (AvgIpc) is 2.98. The van der Waals surface area contributed by atoms with Crippen LogP contribution in [0.5, 0.6) is 0 Å². The second kappa shape index (κ2) is 6.97. The number of anilines is 1. The molecule has 2 aromatic heterocycles. The van der Waals surface area contributed by atoms with Crippen molar-refractivity contribution in [3.63, 3.8) is 0 Å². The maximum absolute atomic E-state index is 11.6. The molecule has 3 rings (SSSR count). The highest BCUT2D eigenvalue weighted by Gasteiger charge is 2.08. The Morgan fingerprint density at radius 2 is 2.26 bits per heavy atom. The second-order valence-corrected chi connectivity index (χ2v) is 6.17. The minimum Gasteiger partial charge on any atom is -0.327 e. The van der Waals surface area contributed by atoms with Crippen molar-refractivity contribution >= 4 is 50.5 Å². The van der Waals surface area contributed by atoms with Crippen LogP contribution in [-0.4, -0.2) is 31.2 Å². The van der Waals surface area contributed by atoms with Crippen LogP contribution >= 0.6 is 27.7 Å². The summed E-state index contributed by atoms with van der Waals surface area (Å²) < 4.78 is 0. The normalized spacial score (nSPS) is 10.8. The van der Waals surface area contributed by atoms with E-state index >= 15 is 0 Å². The van der Waals surface area contributed by atoms with E-state index in [-0.39, 0.29) is 16.8 Å². The highest BCUT2D eigenvalue weighted by molar-refractivity contribution is 9.09. The van der Waals surface area contributed by atoms with Gasteiger partial charge in [0.2, 0.25) is 5.91 Å². The lowest BCUT2D eigenvalue weighted by Crippen LogP contribution is -2.12. The molecule has 3 aromatic rings. The Labute approximate surface area is 143 Å². The van der Waals surface area contributed by atoms with Gasteiger partial charge < -0.3 is 15.3 Å². The van der Waals surface area contributed by atoms with Crippen molar-refractivity contribution in [3.8, 4) is 0 Å². The number of hydrogen-bond acceptors (Lipinski definition) is 5. The largest absolute Gasteiger partial charge is 0.327 e. The molecule has 118 valence electrons. The van der Waals surface area contributed by atoms with Gasteiger partial charge in [0, 0.05) is 11.4 Å². The first-order valence-electron chi connectivity index (χ1n) is 6.66. The van der Waals surface area contributed by atoms with Crippen molar-refractivity contribution in [1.82, 2.24) is 19.9 Å². The van der Waals surface area contributed by atoms with E-state index < -0.39 is 0 Å². The van der Waals surface area contributed by atoms with E-state index in [0.717, 1.165) is 11.3 Å². The van der Waals surface area contributed by atoms with E-state index in [1.807, 2.05) is 24.3 Å². The van der Waals surface area contributed by atoms with Gasteiger partial charge in [-0.1, -0.05) is 39.8 Å². The first-order chi connectivity index (χ1) is 11.2. The van der Waals surface area contributed by atoms with E-state index in [0.29, 0.717) is 22.1 Å². The third-order valence-electron chi connectivity index (χ3n) is 2.98. The van der Waals surface area contributed by atoms with Gasteiger partial charge in [-0.15, -0.1) is 0 Å². The molecule has 0 saturated heterocycles. The number of thioether (sulfide) groups is 1. The standard InChI is InChI=1S/C14H12BrN5O2S/c15-5-10(21)18-9-3-1-2-8(4-9)6-23-14-19-11-12(20-14)16-7-17-13(11)22/h1-4,7H,5-6H2,(H,18,21)(H2,16,17,19,20,22). The van der Waals surface area contributed by atoms with E-state index in [1.54, 1.807) is 0 Å². The number of hydrogen-bond donors (Lipinski definition) is 3. The van der Waals surface area contributed by atoms with Crippen LogP contribution in [0, 0.1) is 0 Å². The second-order valence-electron chi connectivity index (χ2n) is 4.64. The van der Waals surface area contributed by atoms with Gasteiger partial charge in [-0.3, -0.25) is 9.59 Å². The van der Waals surface area contributed by atoms with Crippen molar-refractivity contribution in [2.45, 2.75) is 10.9 Å². The predicted molar refractivity (Wildman–Crippen MR) is 92.9 cm³/mol. The fourth-order valence-corrected chi connectivity index (χ4v) is 2.92. The van der Waals surface area contributed by atoms with Crippen LogP contribution in [0.2, 0.25) is 0 Å². The number of rotatable bonds is 5. The molecule has 0 radical (unpaired) electrons. The highest BCUT2D eigenvalue weighted by Crippen LogP contribution is 2.22. The molecule has 1 amide bonds. The van der Waals surface area contributed by atoms with Gasteiger partial charge in [-0.25, -0.2) is 9.97 Å². The molecule has 0 aliphatic rings. The number of aromatic amines is 2. The summed E-state index contributed by atoms with van der Waals surface area (Å²) in [5, 5.41) is 3.67. The zero-order valence-electron chi connectivity index (χ0n) is 11.8. The average molecular weight is 394 g/mol. The monoisotopic (exact) mass is 393 g/mol. The lowest BCUT2D eigenvalue weighted by molar-refractivity contribution is -0.113. The molecular formula is C14H12BrN5O2S. The number of carbonyl (C=O) groups is 1. The summed E-state index contributed by atoms with van der Waals surface area (Å²) in [5.74, 6) is 0.549. The van der Waals surface area contributed by atoms with Gasteiger partial charge in [-0.05, 0) is 17.7 Å².